The molecule has 4 heteroatoms. The first-order valence-corrected chi connectivity index (χ1v) is 8.63. The summed E-state index contributed by atoms with van der Waals surface area (Å²) in [5.74, 6) is -0.630. The number of hydrogen-bond donors (Lipinski definition) is 1. The van der Waals surface area contributed by atoms with Gasteiger partial charge in [-0.15, -0.1) is 0 Å². The predicted octanol–water partition coefficient (Wildman–Crippen LogP) is 4.81. The van der Waals surface area contributed by atoms with E-state index in [9.17, 15) is 9.59 Å². The standard InChI is InChI=1S/C22H23NO3/c1-14-11-12-22(2,3)19-10-9-17(13-18(14)19)23-20(24)15-5-7-16(8-6-15)21(25)26-4/h5-11,13H,12H2,1-4H3,(H,23,24). The summed E-state index contributed by atoms with van der Waals surface area (Å²) in [6.45, 7) is 6.57. The van der Waals surface area contributed by atoms with Gasteiger partial charge in [0, 0.05) is 11.3 Å². The summed E-state index contributed by atoms with van der Waals surface area (Å²) >= 11 is 0. The summed E-state index contributed by atoms with van der Waals surface area (Å²) < 4.78 is 4.67. The van der Waals surface area contributed by atoms with Gasteiger partial charge in [-0.3, -0.25) is 4.79 Å². The molecular weight excluding hydrogens is 326 g/mol. The number of carbonyl (C=O) groups is 2. The van der Waals surface area contributed by atoms with Crippen LogP contribution in [-0.4, -0.2) is 19.0 Å². The Morgan fingerprint density at radius 1 is 1.04 bits per heavy atom. The molecule has 0 atom stereocenters. The van der Waals surface area contributed by atoms with Crippen molar-refractivity contribution in [2.24, 2.45) is 0 Å². The summed E-state index contributed by atoms with van der Waals surface area (Å²) in [4.78, 5) is 24.0. The van der Waals surface area contributed by atoms with Crippen LogP contribution in [0.3, 0.4) is 0 Å². The Bertz CT molecular complexity index is 892. The molecular formula is C22H23NO3. The number of fused-ring (bicyclic) bond motifs is 1. The normalized spacial score (nSPS) is 14.8. The fourth-order valence-corrected chi connectivity index (χ4v) is 3.25. The molecule has 0 radical (unpaired) electrons. The highest BCUT2D eigenvalue weighted by Crippen LogP contribution is 2.39. The van der Waals surface area contributed by atoms with E-state index in [1.807, 2.05) is 12.1 Å². The molecule has 3 rings (SSSR count). The van der Waals surface area contributed by atoms with Gasteiger partial charge in [-0.1, -0.05) is 26.0 Å². The van der Waals surface area contributed by atoms with E-state index < -0.39 is 5.97 Å². The number of nitrogens with one attached hydrogen (secondary N) is 1. The van der Waals surface area contributed by atoms with Crippen molar-refractivity contribution < 1.29 is 14.3 Å². The van der Waals surface area contributed by atoms with E-state index in [0.717, 1.165) is 12.1 Å². The van der Waals surface area contributed by atoms with Gasteiger partial charge in [-0.2, -0.15) is 0 Å². The van der Waals surface area contributed by atoms with Crippen molar-refractivity contribution in [2.75, 3.05) is 12.4 Å². The summed E-state index contributed by atoms with van der Waals surface area (Å²) in [6, 6.07) is 12.5. The van der Waals surface area contributed by atoms with Crippen LogP contribution in [0.25, 0.3) is 5.57 Å². The first-order chi connectivity index (χ1) is 12.3. The second kappa shape index (κ2) is 6.79. The summed E-state index contributed by atoms with van der Waals surface area (Å²) in [5, 5.41) is 2.94. The minimum absolute atomic E-state index is 0.0983. The SMILES string of the molecule is COC(=O)c1ccc(C(=O)Nc2ccc3c(c2)C(C)=CCC3(C)C)cc1. The van der Waals surface area contributed by atoms with Gasteiger partial charge in [0.15, 0.2) is 0 Å². The Morgan fingerprint density at radius 2 is 1.69 bits per heavy atom. The topological polar surface area (TPSA) is 55.4 Å². The minimum atomic E-state index is -0.420. The summed E-state index contributed by atoms with van der Waals surface area (Å²) in [6.07, 6.45) is 3.27. The van der Waals surface area contributed by atoms with Crippen molar-refractivity contribution in [3.63, 3.8) is 0 Å². The van der Waals surface area contributed by atoms with E-state index in [1.165, 1.54) is 23.8 Å². The quantitative estimate of drug-likeness (QED) is 0.809. The van der Waals surface area contributed by atoms with Gasteiger partial charge in [0.25, 0.3) is 5.91 Å². The lowest BCUT2D eigenvalue weighted by atomic mass is 9.73. The highest BCUT2D eigenvalue weighted by Gasteiger charge is 2.26. The molecule has 4 nitrogen and oxygen atoms in total. The summed E-state index contributed by atoms with van der Waals surface area (Å²) in [5.41, 5.74) is 5.48. The highest BCUT2D eigenvalue weighted by atomic mass is 16.5. The van der Waals surface area contributed by atoms with E-state index >= 15 is 0 Å². The molecule has 2 aromatic carbocycles. The van der Waals surface area contributed by atoms with Gasteiger partial charge in [-0.25, -0.2) is 4.79 Å². The smallest absolute Gasteiger partial charge is 0.337 e. The van der Waals surface area contributed by atoms with Gasteiger partial charge in [0.05, 0.1) is 12.7 Å². The zero-order chi connectivity index (χ0) is 18.9. The van der Waals surface area contributed by atoms with E-state index in [2.05, 4.69) is 43.0 Å². The average molecular weight is 349 g/mol. The molecule has 1 N–H and O–H groups in total. The van der Waals surface area contributed by atoms with Crippen molar-refractivity contribution in [2.45, 2.75) is 32.6 Å². The average Bonchev–Trinajstić information content (AvgIpc) is 2.64. The van der Waals surface area contributed by atoms with Gasteiger partial charge < -0.3 is 10.1 Å². The molecule has 0 aromatic heterocycles. The zero-order valence-corrected chi connectivity index (χ0v) is 15.6. The number of rotatable bonds is 3. The monoisotopic (exact) mass is 349 g/mol. The molecule has 0 fully saturated rings. The van der Waals surface area contributed by atoms with Crippen LogP contribution in [0.2, 0.25) is 0 Å². The third kappa shape index (κ3) is 3.40. The molecule has 2 aromatic rings. The maximum Gasteiger partial charge on any atom is 0.337 e. The Labute approximate surface area is 153 Å². The first kappa shape index (κ1) is 17.9. The Kier molecular flexibility index (Phi) is 4.68. The van der Waals surface area contributed by atoms with Crippen LogP contribution in [-0.2, 0) is 10.2 Å². The van der Waals surface area contributed by atoms with Crippen molar-refractivity contribution in [1.82, 2.24) is 0 Å². The van der Waals surface area contributed by atoms with E-state index in [0.29, 0.717) is 11.1 Å². The molecule has 26 heavy (non-hydrogen) atoms. The molecule has 0 heterocycles. The molecule has 1 aliphatic rings. The number of methoxy groups -OCH3 is 1. The van der Waals surface area contributed by atoms with Crippen LogP contribution in [0, 0.1) is 0 Å². The number of amides is 1. The molecule has 0 saturated carbocycles. The van der Waals surface area contributed by atoms with E-state index in [4.69, 9.17) is 0 Å². The van der Waals surface area contributed by atoms with Crippen LogP contribution in [0.5, 0.6) is 0 Å². The largest absolute Gasteiger partial charge is 0.465 e. The van der Waals surface area contributed by atoms with Crippen molar-refractivity contribution >= 4 is 23.1 Å². The fraction of sp³-hybridized carbons (Fsp3) is 0.273. The van der Waals surface area contributed by atoms with Crippen LogP contribution in [0.1, 0.15) is 59.0 Å². The third-order valence-corrected chi connectivity index (χ3v) is 4.92. The molecule has 0 aliphatic heterocycles. The molecule has 0 spiro atoms. The molecule has 134 valence electrons. The Balaban J connectivity index is 1.81. The van der Waals surface area contributed by atoms with Crippen LogP contribution >= 0.6 is 0 Å². The van der Waals surface area contributed by atoms with Crippen molar-refractivity contribution in [3.8, 4) is 0 Å². The van der Waals surface area contributed by atoms with Crippen LogP contribution in [0.15, 0.2) is 48.5 Å². The lowest BCUT2D eigenvalue weighted by Crippen LogP contribution is -2.21. The molecule has 0 saturated heterocycles. The third-order valence-electron chi connectivity index (χ3n) is 4.92. The maximum absolute atomic E-state index is 12.5. The Morgan fingerprint density at radius 3 is 2.35 bits per heavy atom. The predicted molar refractivity (Wildman–Crippen MR) is 103 cm³/mol. The second-order valence-electron chi connectivity index (χ2n) is 7.26. The minimum Gasteiger partial charge on any atom is -0.465 e. The highest BCUT2D eigenvalue weighted by molar-refractivity contribution is 6.05. The van der Waals surface area contributed by atoms with Crippen LogP contribution < -0.4 is 5.32 Å². The number of allylic oxidation sites excluding steroid dienone is 2. The fourth-order valence-electron chi connectivity index (χ4n) is 3.25. The molecule has 0 bridgehead atoms. The van der Waals surface area contributed by atoms with Gasteiger partial charge in [0.2, 0.25) is 0 Å². The number of hydrogen-bond acceptors (Lipinski definition) is 3. The van der Waals surface area contributed by atoms with Gasteiger partial charge in [0.1, 0.15) is 0 Å². The zero-order valence-electron chi connectivity index (χ0n) is 15.6. The second-order valence-corrected chi connectivity index (χ2v) is 7.26. The van der Waals surface area contributed by atoms with Gasteiger partial charge in [-0.05, 0) is 71.9 Å². The van der Waals surface area contributed by atoms with E-state index in [1.54, 1.807) is 24.3 Å². The van der Waals surface area contributed by atoms with Gasteiger partial charge >= 0.3 is 5.97 Å². The maximum atomic E-state index is 12.5. The molecule has 1 amide bonds. The first-order valence-electron chi connectivity index (χ1n) is 8.63. The molecule has 1 aliphatic carbocycles. The van der Waals surface area contributed by atoms with Crippen LogP contribution in [0.4, 0.5) is 5.69 Å². The lowest BCUT2D eigenvalue weighted by Gasteiger charge is -2.31. The summed E-state index contributed by atoms with van der Waals surface area (Å²) in [7, 11) is 1.33. The number of carbonyl (C=O) groups excluding carboxylic acids is 2. The number of anilines is 1. The number of ether oxygens (including phenoxy) is 1. The lowest BCUT2D eigenvalue weighted by molar-refractivity contribution is 0.0600. The molecule has 0 unspecified atom stereocenters. The van der Waals surface area contributed by atoms with Crippen molar-refractivity contribution in [3.05, 3.63) is 70.8 Å². The van der Waals surface area contributed by atoms with Crippen molar-refractivity contribution in [1.29, 1.82) is 0 Å². The number of benzene rings is 2. The number of esters is 1. The van der Waals surface area contributed by atoms with E-state index in [-0.39, 0.29) is 11.3 Å². The Hall–Kier alpha value is -2.88.